The van der Waals surface area contributed by atoms with Gasteiger partial charge < -0.3 is 16.2 Å². The summed E-state index contributed by atoms with van der Waals surface area (Å²) >= 11 is 0. The Hall–Kier alpha value is -2.29. The highest BCUT2D eigenvalue weighted by Crippen LogP contribution is 2.28. The first-order valence-corrected chi connectivity index (χ1v) is 6.73. The lowest BCUT2D eigenvalue weighted by molar-refractivity contribution is 0.381. The molecule has 0 saturated heterocycles. The summed E-state index contributed by atoms with van der Waals surface area (Å²) in [4.78, 5) is 0. The molecule has 20 heavy (non-hydrogen) atoms. The second kappa shape index (κ2) is 6.75. The molecule has 0 aliphatic heterocycles. The van der Waals surface area contributed by atoms with Crippen LogP contribution in [0, 0.1) is 0 Å². The molecule has 0 unspecified atom stereocenters. The zero-order valence-corrected chi connectivity index (χ0v) is 11.1. The molecule has 2 aromatic carbocycles. The van der Waals surface area contributed by atoms with Crippen molar-refractivity contribution in [3.05, 3.63) is 48.5 Å². The summed E-state index contributed by atoms with van der Waals surface area (Å²) in [6, 6.07) is 14.7. The first-order chi connectivity index (χ1) is 9.25. The number of nitrogens with two attached hydrogens (primary N) is 2. The Kier molecular flexibility index (Phi) is 5.32. The quantitative estimate of drug-likeness (QED) is 0.491. The van der Waals surface area contributed by atoms with Crippen molar-refractivity contribution >= 4 is 21.8 Å². The van der Waals surface area contributed by atoms with E-state index in [2.05, 4.69) is 0 Å². The second-order valence-corrected chi connectivity index (χ2v) is 4.56. The molecule has 0 heterocycles. The van der Waals surface area contributed by atoms with Gasteiger partial charge in [-0.05, 0) is 30.3 Å². The van der Waals surface area contributed by atoms with Crippen LogP contribution in [0.1, 0.15) is 0 Å². The molecular weight excluding hydrogens is 284 g/mol. The molecule has 0 spiro atoms. The smallest absolute Gasteiger partial charge is 0.394 e. The third kappa shape index (κ3) is 6.59. The van der Waals surface area contributed by atoms with Crippen LogP contribution < -0.4 is 16.2 Å². The van der Waals surface area contributed by atoms with Gasteiger partial charge in [0.2, 0.25) is 0 Å². The van der Waals surface area contributed by atoms with Crippen LogP contribution in [0.4, 0.5) is 11.4 Å². The molecule has 2 aromatic rings. The van der Waals surface area contributed by atoms with Gasteiger partial charge in [-0.2, -0.15) is 8.42 Å². The van der Waals surface area contributed by atoms with Gasteiger partial charge in [0.1, 0.15) is 11.5 Å². The molecule has 2 rings (SSSR count). The number of para-hydroxylation sites is 1. The lowest BCUT2D eigenvalue weighted by Gasteiger charge is -2.08. The van der Waals surface area contributed by atoms with Crippen LogP contribution in [0.25, 0.3) is 0 Å². The van der Waals surface area contributed by atoms with E-state index < -0.39 is 10.4 Å². The molecule has 0 aromatic heterocycles. The average molecular weight is 298 g/mol. The van der Waals surface area contributed by atoms with Gasteiger partial charge in [-0.15, -0.1) is 0 Å². The molecule has 0 saturated carbocycles. The lowest BCUT2D eigenvalue weighted by Crippen LogP contribution is -1.94. The maximum Gasteiger partial charge on any atom is 0.394 e. The maximum atomic E-state index is 8.74. The van der Waals surface area contributed by atoms with E-state index in [0.29, 0.717) is 17.1 Å². The first kappa shape index (κ1) is 15.8. The molecule has 0 radical (unpaired) electrons. The fourth-order valence-electron chi connectivity index (χ4n) is 1.28. The molecule has 0 bridgehead atoms. The van der Waals surface area contributed by atoms with Gasteiger partial charge in [0.25, 0.3) is 0 Å². The van der Waals surface area contributed by atoms with E-state index in [-0.39, 0.29) is 0 Å². The summed E-state index contributed by atoms with van der Waals surface area (Å²) in [5.74, 6) is 1.38. The van der Waals surface area contributed by atoms with Gasteiger partial charge in [-0.25, -0.2) is 0 Å². The summed E-state index contributed by atoms with van der Waals surface area (Å²) in [6.45, 7) is 0. The minimum absolute atomic E-state index is 0.541. The van der Waals surface area contributed by atoms with Crippen molar-refractivity contribution in [1.29, 1.82) is 0 Å². The highest BCUT2D eigenvalue weighted by Gasteiger charge is 2.01. The first-order valence-electron chi connectivity index (χ1n) is 5.33. The summed E-state index contributed by atoms with van der Waals surface area (Å²) < 4.78 is 37.2. The number of anilines is 2. The van der Waals surface area contributed by atoms with Crippen LogP contribution in [-0.4, -0.2) is 17.5 Å². The number of rotatable bonds is 2. The van der Waals surface area contributed by atoms with Gasteiger partial charge in [-0.3, -0.25) is 9.11 Å². The summed E-state index contributed by atoms with van der Waals surface area (Å²) in [7, 11) is -4.67. The van der Waals surface area contributed by atoms with Gasteiger partial charge in [0.15, 0.2) is 0 Å². The van der Waals surface area contributed by atoms with Crippen molar-refractivity contribution in [2.45, 2.75) is 0 Å². The number of nitrogen functional groups attached to an aromatic ring is 2. The van der Waals surface area contributed by atoms with E-state index in [0.717, 1.165) is 5.75 Å². The molecule has 0 aliphatic rings. The zero-order valence-electron chi connectivity index (χ0n) is 10.3. The minimum Gasteiger partial charge on any atom is -0.455 e. The van der Waals surface area contributed by atoms with Crippen molar-refractivity contribution in [3.8, 4) is 11.5 Å². The summed E-state index contributed by atoms with van der Waals surface area (Å²) in [6.07, 6.45) is 0. The van der Waals surface area contributed by atoms with E-state index in [9.17, 15) is 0 Å². The van der Waals surface area contributed by atoms with Crippen molar-refractivity contribution in [1.82, 2.24) is 0 Å². The number of benzene rings is 2. The largest absolute Gasteiger partial charge is 0.455 e. The monoisotopic (exact) mass is 298 g/mol. The number of hydrogen-bond donors (Lipinski definition) is 4. The average Bonchev–Trinajstić information content (AvgIpc) is 2.32. The SMILES string of the molecule is Nc1ccc(Oc2ccccc2)c(N)c1.O=S(=O)(O)O. The van der Waals surface area contributed by atoms with Crippen LogP contribution in [0.2, 0.25) is 0 Å². The van der Waals surface area contributed by atoms with Crippen LogP contribution in [0.5, 0.6) is 11.5 Å². The lowest BCUT2D eigenvalue weighted by atomic mass is 10.2. The Labute approximate surface area is 116 Å². The predicted molar refractivity (Wildman–Crippen MR) is 76.0 cm³/mol. The molecule has 0 aliphatic carbocycles. The highest BCUT2D eigenvalue weighted by molar-refractivity contribution is 7.79. The number of hydrogen-bond acceptors (Lipinski definition) is 5. The molecule has 0 amide bonds. The van der Waals surface area contributed by atoms with Crippen molar-refractivity contribution < 1.29 is 22.3 Å². The van der Waals surface area contributed by atoms with E-state index >= 15 is 0 Å². The normalized spacial score (nSPS) is 10.3. The molecular formula is C12H14N2O5S. The van der Waals surface area contributed by atoms with E-state index in [4.69, 9.17) is 33.7 Å². The Bertz CT molecular complexity index is 651. The van der Waals surface area contributed by atoms with Gasteiger partial charge in [0.05, 0.1) is 5.69 Å². The van der Waals surface area contributed by atoms with Gasteiger partial charge in [-0.1, -0.05) is 18.2 Å². The molecule has 8 heteroatoms. The molecule has 108 valence electrons. The van der Waals surface area contributed by atoms with Gasteiger partial charge in [0, 0.05) is 5.69 Å². The standard InChI is InChI=1S/C12H12N2O.H2O4S/c13-9-6-7-12(11(14)8-9)15-10-4-2-1-3-5-10;1-5(2,3)4/h1-8H,13-14H2;(H2,1,2,3,4). The highest BCUT2D eigenvalue weighted by atomic mass is 32.3. The Balaban J connectivity index is 0.000000347. The number of ether oxygens (including phenoxy) is 1. The predicted octanol–water partition coefficient (Wildman–Crippen LogP) is 1.99. The fourth-order valence-corrected chi connectivity index (χ4v) is 1.28. The van der Waals surface area contributed by atoms with E-state index in [1.807, 2.05) is 30.3 Å². The van der Waals surface area contributed by atoms with Crippen LogP contribution in [-0.2, 0) is 10.4 Å². The Morgan fingerprint density at radius 3 is 2.00 bits per heavy atom. The third-order valence-corrected chi connectivity index (χ3v) is 2.00. The molecule has 0 atom stereocenters. The molecule has 6 N–H and O–H groups in total. The van der Waals surface area contributed by atoms with Crippen LogP contribution >= 0.6 is 0 Å². The second-order valence-electron chi connectivity index (χ2n) is 3.66. The third-order valence-electron chi connectivity index (χ3n) is 2.00. The molecule has 0 fully saturated rings. The van der Waals surface area contributed by atoms with Crippen molar-refractivity contribution in [2.75, 3.05) is 11.5 Å². The summed E-state index contributed by atoms with van der Waals surface area (Å²) in [5, 5.41) is 0. The molecule has 7 nitrogen and oxygen atoms in total. The minimum atomic E-state index is -4.67. The Morgan fingerprint density at radius 1 is 0.950 bits per heavy atom. The van der Waals surface area contributed by atoms with E-state index in [1.165, 1.54) is 0 Å². The summed E-state index contributed by atoms with van der Waals surface area (Å²) in [5.41, 5.74) is 12.5. The van der Waals surface area contributed by atoms with Crippen molar-refractivity contribution in [2.24, 2.45) is 0 Å². The van der Waals surface area contributed by atoms with Crippen LogP contribution in [0.3, 0.4) is 0 Å². The topological polar surface area (TPSA) is 136 Å². The Morgan fingerprint density at radius 2 is 1.50 bits per heavy atom. The maximum absolute atomic E-state index is 8.74. The van der Waals surface area contributed by atoms with Gasteiger partial charge >= 0.3 is 10.4 Å². The van der Waals surface area contributed by atoms with Crippen molar-refractivity contribution in [3.63, 3.8) is 0 Å². The zero-order chi connectivity index (χ0) is 15.2. The van der Waals surface area contributed by atoms with E-state index in [1.54, 1.807) is 18.2 Å². The van der Waals surface area contributed by atoms with Crippen LogP contribution in [0.15, 0.2) is 48.5 Å². The fraction of sp³-hybridized carbons (Fsp3) is 0.